The average molecular weight is 287 g/mol. The lowest BCUT2D eigenvalue weighted by atomic mass is 10.0. The van der Waals surface area contributed by atoms with E-state index in [0.29, 0.717) is 17.9 Å². The molecule has 1 heterocycles. The van der Waals surface area contributed by atoms with Crippen molar-refractivity contribution >= 4 is 17.6 Å². The molecule has 0 spiro atoms. The molecule has 1 aliphatic rings. The van der Waals surface area contributed by atoms with Crippen molar-refractivity contribution in [3.63, 3.8) is 0 Å². The van der Waals surface area contributed by atoms with Crippen molar-refractivity contribution in [2.45, 2.75) is 6.42 Å². The number of ether oxygens (including phenoxy) is 2. The largest absolute Gasteiger partial charge is 0.497 e. The monoisotopic (exact) mass is 287 g/mol. The number of hydrogen-bond acceptors (Lipinski definition) is 4. The predicted octanol–water partition coefficient (Wildman–Crippen LogP) is 2.29. The van der Waals surface area contributed by atoms with Crippen molar-refractivity contribution in [2.75, 3.05) is 19.1 Å². The van der Waals surface area contributed by atoms with Crippen LogP contribution in [0.3, 0.4) is 0 Å². The molecule has 1 unspecified atom stereocenters. The Balaban J connectivity index is 2.26. The fraction of sp³-hybridized carbons (Fsp3) is 0.250. The number of carbonyl (C=O) groups excluding carboxylic acids is 2. The van der Waals surface area contributed by atoms with Gasteiger partial charge >= 0.3 is 5.97 Å². The number of rotatable bonds is 3. The van der Waals surface area contributed by atoms with Gasteiger partial charge in [-0.15, -0.1) is 0 Å². The number of anilines is 1. The molecule has 21 heavy (non-hydrogen) atoms. The zero-order valence-corrected chi connectivity index (χ0v) is 12.0. The summed E-state index contributed by atoms with van der Waals surface area (Å²) in [6, 6.07) is 7.11. The normalized spacial score (nSPS) is 21.1. The minimum atomic E-state index is -0.389. The van der Waals surface area contributed by atoms with Gasteiger partial charge in [0.2, 0.25) is 0 Å². The molecule has 0 N–H and O–H groups in total. The van der Waals surface area contributed by atoms with Crippen LogP contribution >= 0.6 is 0 Å². The lowest BCUT2D eigenvalue weighted by molar-refractivity contribution is -0.143. The number of nitrogens with zero attached hydrogens (tertiary/aromatic N) is 1. The highest BCUT2D eigenvalue weighted by molar-refractivity contribution is 6.03. The Morgan fingerprint density at radius 3 is 2.57 bits per heavy atom. The molecule has 1 atom stereocenters. The third kappa shape index (κ3) is 3.51. The summed E-state index contributed by atoms with van der Waals surface area (Å²) in [6.45, 7) is 0. The van der Waals surface area contributed by atoms with Gasteiger partial charge in [0.25, 0.3) is 5.91 Å². The Morgan fingerprint density at radius 2 is 1.95 bits per heavy atom. The van der Waals surface area contributed by atoms with Gasteiger partial charge in [0, 0.05) is 11.9 Å². The number of esters is 1. The van der Waals surface area contributed by atoms with Crippen LogP contribution in [0.4, 0.5) is 5.69 Å². The van der Waals surface area contributed by atoms with Crippen LogP contribution in [-0.2, 0) is 14.3 Å². The van der Waals surface area contributed by atoms with E-state index in [1.807, 2.05) is 0 Å². The number of allylic oxidation sites excluding steroid dienone is 1. The maximum absolute atomic E-state index is 12.1. The minimum Gasteiger partial charge on any atom is -0.497 e. The van der Waals surface area contributed by atoms with E-state index in [9.17, 15) is 9.59 Å². The number of amides is 1. The molecule has 1 amide bonds. The fourth-order valence-corrected chi connectivity index (χ4v) is 2.02. The molecule has 2 rings (SSSR count). The Bertz CT molecular complexity index is 574. The average Bonchev–Trinajstić information content (AvgIpc) is 2.51. The summed E-state index contributed by atoms with van der Waals surface area (Å²) < 4.78 is 9.83. The molecule has 110 valence electrons. The molecule has 1 aromatic rings. The third-order valence-electron chi connectivity index (χ3n) is 3.21. The zero-order valence-electron chi connectivity index (χ0n) is 12.0. The van der Waals surface area contributed by atoms with Gasteiger partial charge in [0.1, 0.15) is 5.75 Å². The molecule has 0 saturated carbocycles. The summed E-state index contributed by atoms with van der Waals surface area (Å²) in [7, 11) is 2.94. The molecular formula is C16H17NO4. The molecule has 5 nitrogen and oxygen atoms in total. The topological polar surface area (TPSA) is 55.8 Å². The van der Waals surface area contributed by atoms with Crippen LogP contribution in [0.5, 0.6) is 5.75 Å². The first-order valence-corrected chi connectivity index (χ1v) is 6.55. The summed E-state index contributed by atoms with van der Waals surface area (Å²) in [5.41, 5.74) is 0.701. The van der Waals surface area contributed by atoms with Crippen molar-refractivity contribution in [1.82, 2.24) is 0 Å². The number of benzene rings is 1. The molecule has 0 aromatic heterocycles. The molecule has 5 heteroatoms. The highest BCUT2D eigenvalue weighted by atomic mass is 16.5. The summed E-state index contributed by atoms with van der Waals surface area (Å²) in [4.78, 5) is 25.2. The van der Waals surface area contributed by atoms with Crippen LogP contribution in [-0.4, -0.2) is 26.1 Å². The van der Waals surface area contributed by atoms with Gasteiger partial charge in [-0.3, -0.25) is 14.5 Å². The first-order valence-electron chi connectivity index (χ1n) is 6.55. The second-order valence-corrected chi connectivity index (χ2v) is 4.52. The van der Waals surface area contributed by atoms with Crippen LogP contribution in [0.1, 0.15) is 6.42 Å². The van der Waals surface area contributed by atoms with Crippen LogP contribution in [0.25, 0.3) is 0 Å². The van der Waals surface area contributed by atoms with Crippen molar-refractivity contribution in [1.29, 1.82) is 0 Å². The van der Waals surface area contributed by atoms with E-state index in [1.54, 1.807) is 49.7 Å². The van der Waals surface area contributed by atoms with Gasteiger partial charge in [-0.2, -0.15) is 0 Å². The standard InChI is InChI=1S/C16H17NO4/c1-20-14-8-6-13(7-9-14)17-11-10-12(16(19)21-2)4-3-5-15(17)18/h3,5-12H,4H2,1-2H3/b5-3-,11-10-. The molecule has 0 bridgehead atoms. The maximum atomic E-state index is 12.1. The van der Waals surface area contributed by atoms with E-state index >= 15 is 0 Å². The van der Waals surface area contributed by atoms with Gasteiger partial charge in [-0.1, -0.05) is 12.2 Å². The van der Waals surface area contributed by atoms with Gasteiger partial charge < -0.3 is 9.47 Å². The molecule has 0 aliphatic carbocycles. The van der Waals surface area contributed by atoms with Gasteiger partial charge in [0.15, 0.2) is 0 Å². The zero-order chi connectivity index (χ0) is 15.2. The number of carbonyl (C=O) groups is 2. The molecule has 1 aromatic carbocycles. The Kier molecular flexibility index (Phi) is 4.77. The highest BCUT2D eigenvalue weighted by Crippen LogP contribution is 2.22. The van der Waals surface area contributed by atoms with E-state index in [-0.39, 0.29) is 17.8 Å². The van der Waals surface area contributed by atoms with Crippen molar-refractivity contribution in [3.05, 3.63) is 48.7 Å². The summed E-state index contributed by atoms with van der Waals surface area (Å²) in [6.07, 6.45) is 6.88. The van der Waals surface area contributed by atoms with E-state index in [4.69, 9.17) is 9.47 Å². The van der Waals surface area contributed by atoms with E-state index in [2.05, 4.69) is 0 Å². The van der Waals surface area contributed by atoms with Crippen LogP contribution in [0.2, 0.25) is 0 Å². The smallest absolute Gasteiger partial charge is 0.312 e. The number of methoxy groups -OCH3 is 2. The minimum absolute atomic E-state index is 0.167. The first kappa shape index (κ1) is 14.8. The number of hydrogen-bond donors (Lipinski definition) is 0. The van der Waals surface area contributed by atoms with E-state index in [0.717, 1.165) is 0 Å². The highest BCUT2D eigenvalue weighted by Gasteiger charge is 2.19. The van der Waals surface area contributed by atoms with Crippen molar-refractivity contribution in [3.8, 4) is 5.75 Å². The SMILES string of the molecule is COC(=O)C1/C=C\N(c2ccc(OC)cc2)C(=O)/C=C\C1. The summed E-state index contributed by atoms with van der Waals surface area (Å²) in [5, 5.41) is 0. The van der Waals surface area contributed by atoms with Crippen LogP contribution in [0.15, 0.2) is 48.7 Å². The van der Waals surface area contributed by atoms with E-state index in [1.165, 1.54) is 18.1 Å². The summed E-state index contributed by atoms with van der Waals surface area (Å²) >= 11 is 0. The lowest BCUT2D eigenvalue weighted by Crippen LogP contribution is -2.25. The Labute approximate surface area is 123 Å². The van der Waals surface area contributed by atoms with E-state index < -0.39 is 0 Å². The van der Waals surface area contributed by atoms with Gasteiger partial charge in [-0.05, 0) is 36.8 Å². The molecule has 1 aliphatic heterocycles. The van der Waals surface area contributed by atoms with Crippen molar-refractivity contribution in [2.24, 2.45) is 5.92 Å². The van der Waals surface area contributed by atoms with Gasteiger partial charge in [0.05, 0.1) is 20.1 Å². The third-order valence-corrected chi connectivity index (χ3v) is 3.21. The van der Waals surface area contributed by atoms with Crippen LogP contribution < -0.4 is 9.64 Å². The maximum Gasteiger partial charge on any atom is 0.312 e. The van der Waals surface area contributed by atoms with Crippen molar-refractivity contribution < 1.29 is 19.1 Å². The molecule has 0 saturated heterocycles. The lowest BCUT2D eigenvalue weighted by Gasteiger charge is -2.20. The Morgan fingerprint density at radius 1 is 1.24 bits per heavy atom. The van der Waals surface area contributed by atoms with Crippen LogP contribution in [0, 0.1) is 5.92 Å². The Hall–Kier alpha value is -2.56. The molecule has 0 radical (unpaired) electrons. The first-order chi connectivity index (χ1) is 10.2. The second-order valence-electron chi connectivity index (χ2n) is 4.52. The molecular weight excluding hydrogens is 270 g/mol. The van der Waals surface area contributed by atoms with Gasteiger partial charge in [-0.25, -0.2) is 0 Å². The fourth-order valence-electron chi connectivity index (χ4n) is 2.02. The summed E-state index contributed by atoms with van der Waals surface area (Å²) in [5.74, 6) is -0.162. The second kappa shape index (κ2) is 6.74. The molecule has 0 fully saturated rings. The quantitative estimate of drug-likeness (QED) is 0.800. The predicted molar refractivity (Wildman–Crippen MR) is 78.9 cm³/mol.